The Bertz CT molecular complexity index is 678. The molecule has 1 aromatic heterocycles. The van der Waals surface area contributed by atoms with Gasteiger partial charge in [0.05, 0.1) is 6.54 Å². The molecule has 2 rings (SSSR count). The van der Waals surface area contributed by atoms with Crippen molar-refractivity contribution in [2.45, 2.75) is 20.4 Å². The number of aryl methyl sites for hydroxylation is 1. The van der Waals surface area contributed by atoms with E-state index in [0.717, 1.165) is 0 Å². The molecule has 2 aromatic rings. The number of rotatable bonds is 6. The van der Waals surface area contributed by atoms with Crippen LogP contribution in [0, 0.1) is 6.92 Å². The molecule has 1 amide bonds. The largest absolute Gasteiger partial charge is 0.484 e. The molecule has 0 saturated carbocycles. The first-order valence-corrected chi connectivity index (χ1v) is 6.85. The molecule has 0 N–H and O–H groups in total. The second-order valence-electron chi connectivity index (χ2n) is 5.05. The minimum Gasteiger partial charge on any atom is -0.484 e. The number of carbonyl (C=O) groups is 2. The number of aromatic nitrogens is 1. The van der Waals surface area contributed by atoms with Crippen LogP contribution >= 0.6 is 0 Å². The van der Waals surface area contributed by atoms with Gasteiger partial charge in [-0.3, -0.25) is 9.59 Å². The standard InChI is InChI=1S/C16H18N2O4/c1-11-7-14(17-22-11)9-18(3)16(20)10-21-15-6-4-5-13(8-15)12(2)19/h4-8H,9-10H2,1-3H3. The van der Waals surface area contributed by atoms with Crippen LogP contribution in [0.5, 0.6) is 5.75 Å². The molecule has 22 heavy (non-hydrogen) atoms. The molecular weight excluding hydrogens is 284 g/mol. The molecule has 1 aromatic carbocycles. The fourth-order valence-corrected chi connectivity index (χ4v) is 1.88. The first-order chi connectivity index (χ1) is 10.5. The third kappa shape index (κ3) is 4.18. The highest BCUT2D eigenvalue weighted by molar-refractivity contribution is 5.94. The van der Waals surface area contributed by atoms with Crippen LogP contribution in [0.3, 0.4) is 0 Å². The molecule has 6 heteroatoms. The number of carbonyl (C=O) groups excluding carboxylic acids is 2. The minimum absolute atomic E-state index is 0.0460. The predicted molar refractivity (Wildman–Crippen MR) is 79.7 cm³/mol. The number of hydrogen-bond acceptors (Lipinski definition) is 5. The first-order valence-electron chi connectivity index (χ1n) is 6.85. The summed E-state index contributed by atoms with van der Waals surface area (Å²) >= 11 is 0. The van der Waals surface area contributed by atoms with Crippen LogP contribution in [0.15, 0.2) is 34.9 Å². The summed E-state index contributed by atoms with van der Waals surface area (Å²) in [5.74, 6) is 0.962. The molecule has 6 nitrogen and oxygen atoms in total. The number of benzene rings is 1. The number of Topliss-reactive ketones (excluding diaryl/α,β-unsaturated/α-hetero) is 1. The first kappa shape index (κ1) is 15.8. The molecule has 1 heterocycles. The Labute approximate surface area is 128 Å². The molecule has 0 bridgehead atoms. The van der Waals surface area contributed by atoms with E-state index in [1.165, 1.54) is 11.8 Å². The molecule has 0 aliphatic carbocycles. The van der Waals surface area contributed by atoms with E-state index in [1.54, 1.807) is 44.3 Å². The quantitative estimate of drug-likeness (QED) is 0.765. The van der Waals surface area contributed by atoms with E-state index in [0.29, 0.717) is 29.3 Å². The fourth-order valence-electron chi connectivity index (χ4n) is 1.88. The van der Waals surface area contributed by atoms with Crippen LogP contribution in [0.25, 0.3) is 0 Å². The molecular formula is C16H18N2O4. The topological polar surface area (TPSA) is 72.6 Å². The number of amides is 1. The van der Waals surface area contributed by atoms with E-state index in [2.05, 4.69) is 5.16 Å². The Balaban J connectivity index is 1.89. The van der Waals surface area contributed by atoms with E-state index in [4.69, 9.17) is 9.26 Å². The van der Waals surface area contributed by atoms with Crippen LogP contribution < -0.4 is 4.74 Å². The van der Waals surface area contributed by atoms with Gasteiger partial charge >= 0.3 is 0 Å². The van der Waals surface area contributed by atoms with Gasteiger partial charge in [0.15, 0.2) is 12.4 Å². The summed E-state index contributed by atoms with van der Waals surface area (Å²) in [6.07, 6.45) is 0. The van der Waals surface area contributed by atoms with Gasteiger partial charge in [0.1, 0.15) is 17.2 Å². The monoisotopic (exact) mass is 302 g/mol. The van der Waals surface area contributed by atoms with E-state index in [9.17, 15) is 9.59 Å². The maximum absolute atomic E-state index is 12.0. The van der Waals surface area contributed by atoms with Gasteiger partial charge in [-0.2, -0.15) is 0 Å². The van der Waals surface area contributed by atoms with E-state index < -0.39 is 0 Å². The molecule has 0 fully saturated rings. The summed E-state index contributed by atoms with van der Waals surface area (Å²) in [6.45, 7) is 3.53. The van der Waals surface area contributed by atoms with Gasteiger partial charge in [0, 0.05) is 18.7 Å². The van der Waals surface area contributed by atoms with Crippen molar-refractivity contribution in [3.05, 3.63) is 47.3 Å². The second kappa shape index (κ2) is 6.89. The highest BCUT2D eigenvalue weighted by Gasteiger charge is 2.12. The summed E-state index contributed by atoms with van der Waals surface area (Å²) in [4.78, 5) is 24.8. The van der Waals surface area contributed by atoms with E-state index >= 15 is 0 Å². The summed E-state index contributed by atoms with van der Waals surface area (Å²) in [6, 6.07) is 8.53. The summed E-state index contributed by atoms with van der Waals surface area (Å²) in [5, 5.41) is 3.84. The Morgan fingerprint density at radius 2 is 2.09 bits per heavy atom. The van der Waals surface area contributed by atoms with Crippen molar-refractivity contribution in [2.24, 2.45) is 0 Å². The van der Waals surface area contributed by atoms with Crippen LogP contribution in [-0.2, 0) is 11.3 Å². The Morgan fingerprint density at radius 3 is 2.73 bits per heavy atom. The Hall–Kier alpha value is -2.63. The third-order valence-electron chi connectivity index (χ3n) is 3.10. The Morgan fingerprint density at radius 1 is 1.32 bits per heavy atom. The van der Waals surface area contributed by atoms with Gasteiger partial charge in [0.2, 0.25) is 0 Å². The number of hydrogen-bond donors (Lipinski definition) is 0. The third-order valence-corrected chi connectivity index (χ3v) is 3.10. The van der Waals surface area contributed by atoms with Gasteiger partial charge < -0.3 is 14.2 Å². The minimum atomic E-state index is -0.186. The van der Waals surface area contributed by atoms with E-state index in [-0.39, 0.29) is 18.3 Å². The van der Waals surface area contributed by atoms with Crippen LogP contribution in [0.4, 0.5) is 0 Å². The molecule has 116 valence electrons. The van der Waals surface area contributed by atoms with Crippen molar-refractivity contribution >= 4 is 11.7 Å². The number of likely N-dealkylation sites (N-methyl/N-ethyl adjacent to an activating group) is 1. The molecule has 0 saturated heterocycles. The lowest BCUT2D eigenvalue weighted by Gasteiger charge is -2.16. The summed E-state index contributed by atoms with van der Waals surface area (Å²) in [7, 11) is 1.67. The smallest absolute Gasteiger partial charge is 0.260 e. The lowest BCUT2D eigenvalue weighted by molar-refractivity contribution is -0.132. The zero-order valence-electron chi connectivity index (χ0n) is 12.8. The maximum atomic E-state index is 12.0. The van der Waals surface area contributed by atoms with Gasteiger partial charge in [-0.25, -0.2) is 0 Å². The van der Waals surface area contributed by atoms with Gasteiger partial charge in [-0.15, -0.1) is 0 Å². The number of nitrogens with zero attached hydrogens (tertiary/aromatic N) is 2. The zero-order valence-corrected chi connectivity index (χ0v) is 12.8. The van der Waals surface area contributed by atoms with E-state index in [1.807, 2.05) is 0 Å². The Kier molecular flexibility index (Phi) is 4.93. The van der Waals surface area contributed by atoms with Crippen LogP contribution in [0.1, 0.15) is 28.7 Å². The van der Waals surface area contributed by atoms with Crippen molar-refractivity contribution in [1.29, 1.82) is 0 Å². The molecule has 0 spiro atoms. The average Bonchev–Trinajstić information content (AvgIpc) is 2.90. The predicted octanol–water partition coefficient (Wildman–Crippen LogP) is 2.22. The van der Waals surface area contributed by atoms with Gasteiger partial charge in [-0.05, 0) is 26.0 Å². The van der Waals surface area contributed by atoms with Crippen molar-refractivity contribution in [2.75, 3.05) is 13.7 Å². The van der Waals surface area contributed by atoms with Crippen molar-refractivity contribution in [3.63, 3.8) is 0 Å². The lowest BCUT2D eigenvalue weighted by Crippen LogP contribution is -2.31. The SMILES string of the molecule is CC(=O)c1cccc(OCC(=O)N(C)Cc2cc(C)on2)c1. The second-order valence-corrected chi connectivity index (χ2v) is 5.05. The molecule has 0 unspecified atom stereocenters. The van der Waals surface area contributed by atoms with Gasteiger partial charge in [-0.1, -0.05) is 17.3 Å². The number of ether oxygens (including phenoxy) is 1. The van der Waals surface area contributed by atoms with Crippen molar-refractivity contribution in [3.8, 4) is 5.75 Å². The molecule has 0 aliphatic heterocycles. The average molecular weight is 302 g/mol. The van der Waals surface area contributed by atoms with Crippen LogP contribution in [-0.4, -0.2) is 35.4 Å². The van der Waals surface area contributed by atoms with Crippen molar-refractivity contribution < 1.29 is 18.8 Å². The highest BCUT2D eigenvalue weighted by Crippen LogP contribution is 2.14. The fraction of sp³-hybridized carbons (Fsp3) is 0.312. The normalized spacial score (nSPS) is 10.3. The molecule has 0 radical (unpaired) electrons. The number of ketones is 1. The van der Waals surface area contributed by atoms with Crippen LogP contribution in [0.2, 0.25) is 0 Å². The zero-order chi connectivity index (χ0) is 16.1. The molecule has 0 atom stereocenters. The summed E-state index contributed by atoms with van der Waals surface area (Å²) in [5.41, 5.74) is 1.24. The molecule has 0 aliphatic rings. The highest BCUT2D eigenvalue weighted by atomic mass is 16.5. The van der Waals surface area contributed by atoms with Crippen molar-refractivity contribution in [1.82, 2.24) is 10.1 Å². The lowest BCUT2D eigenvalue weighted by atomic mass is 10.1. The van der Waals surface area contributed by atoms with Gasteiger partial charge in [0.25, 0.3) is 5.91 Å². The summed E-state index contributed by atoms with van der Waals surface area (Å²) < 4.78 is 10.4. The maximum Gasteiger partial charge on any atom is 0.260 e.